The second kappa shape index (κ2) is 9.38. The first kappa shape index (κ1) is 24.5. The van der Waals surface area contributed by atoms with Crippen molar-refractivity contribution in [1.29, 1.82) is 0 Å². The zero-order valence-electron chi connectivity index (χ0n) is 19.5. The third kappa shape index (κ3) is 4.81. The van der Waals surface area contributed by atoms with Gasteiger partial charge in [0.05, 0.1) is 23.8 Å². The minimum absolute atomic E-state index is 0.00637. The summed E-state index contributed by atoms with van der Waals surface area (Å²) in [5.41, 5.74) is -0.586. The van der Waals surface area contributed by atoms with Crippen LogP contribution in [0.25, 0.3) is 0 Å². The van der Waals surface area contributed by atoms with Crippen LogP contribution in [0, 0.1) is 11.6 Å². The van der Waals surface area contributed by atoms with Crippen molar-refractivity contribution in [2.45, 2.75) is 6.18 Å². The molecule has 1 amide bonds. The number of nitrogens with zero attached hydrogens (tertiary/aromatic N) is 3. The topological polar surface area (TPSA) is 54.4 Å². The van der Waals surface area contributed by atoms with Crippen LogP contribution in [0.5, 0.6) is 17.2 Å². The minimum atomic E-state index is -4.56. The highest BCUT2D eigenvalue weighted by atomic mass is 19.4. The predicted octanol–water partition coefficient (Wildman–Crippen LogP) is 5.63. The SMILES string of the molecule is COc1ccc2c(c1)C(N1CCN(C(=O)c3ccc(F)cc3F)CC1)=Nc1cc(C(F)(F)F)ccc1O2. The van der Waals surface area contributed by atoms with Crippen LogP contribution in [0.2, 0.25) is 0 Å². The molecule has 3 aromatic rings. The number of piperazine rings is 1. The first-order valence-corrected chi connectivity index (χ1v) is 11.3. The van der Waals surface area contributed by atoms with E-state index in [-0.39, 0.29) is 43.2 Å². The van der Waals surface area contributed by atoms with E-state index < -0.39 is 29.3 Å². The lowest BCUT2D eigenvalue weighted by Gasteiger charge is -2.36. The lowest BCUT2D eigenvalue weighted by atomic mass is 10.1. The van der Waals surface area contributed by atoms with Gasteiger partial charge in [0.25, 0.3) is 5.91 Å². The van der Waals surface area contributed by atoms with Crippen molar-refractivity contribution >= 4 is 17.4 Å². The fourth-order valence-corrected chi connectivity index (χ4v) is 4.26. The Morgan fingerprint density at radius 1 is 0.946 bits per heavy atom. The molecule has 2 aliphatic heterocycles. The Kier molecular flexibility index (Phi) is 6.22. The number of hydrogen-bond acceptors (Lipinski definition) is 5. The number of amides is 1. The number of benzene rings is 3. The van der Waals surface area contributed by atoms with Crippen molar-refractivity contribution in [2.24, 2.45) is 4.99 Å². The van der Waals surface area contributed by atoms with Crippen molar-refractivity contribution in [2.75, 3.05) is 33.3 Å². The monoisotopic (exact) mass is 517 g/mol. The van der Waals surface area contributed by atoms with Gasteiger partial charge in [0, 0.05) is 32.2 Å². The molecule has 2 heterocycles. The van der Waals surface area contributed by atoms with Gasteiger partial charge in [-0.05, 0) is 48.5 Å². The summed E-state index contributed by atoms with van der Waals surface area (Å²) in [5.74, 6) is -0.915. The highest BCUT2D eigenvalue weighted by Gasteiger charge is 2.33. The molecule has 0 aromatic heterocycles. The third-order valence-corrected chi connectivity index (χ3v) is 6.19. The number of carbonyl (C=O) groups is 1. The number of fused-ring (bicyclic) bond motifs is 2. The molecule has 0 N–H and O–H groups in total. The number of alkyl halides is 3. The Morgan fingerprint density at radius 2 is 1.68 bits per heavy atom. The van der Waals surface area contributed by atoms with E-state index >= 15 is 0 Å². The van der Waals surface area contributed by atoms with Gasteiger partial charge in [0.2, 0.25) is 0 Å². The number of rotatable bonds is 2. The Bertz CT molecular complexity index is 1400. The average Bonchev–Trinajstić information content (AvgIpc) is 3.03. The van der Waals surface area contributed by atoms with Crippen molar-refractivity contribution in [3.05, 3.63) is 82.9 Å². The van der Waals surface area contributed by atoms with Gasteiger partial charge in [-0.15, -0.1) is 0 Å². The molecule has 192 valence electrons. The largest absolute Gasteiger partial charge is 0.497 e. The first-order chi connectivity index (χ1) is 17.6. The van der Waals surface area contributed by atoms with Gasteiger partial charge in [0.1, 0.15) is 34.7 Å². The van der Waals surface area contributed by atoms with Crippen LogP contribution in [0.4, 0.5) is 27.6 Å². The molecule has 2 aliphatic rings. The van der Waals surface area contributed by atoms with E-state index in [0.717, 1.165) is 24.3 Å². The summed E-state index contributed by atoms with van der Waals surface area (Å²) < 4.78 is 78.8. The van der Waals surface area contributed by atoms with Crippen LogP contribution in [-0.4, -0.2) is 54.8 Å². The van der Waals surface area contributed by atoms with Crippen LogP contribution < -0.4 is 9.47 Å². The van der Waals surface area contributed by atoms with E-state index in [4.69, 9.17) is 9.47 Å². The molecule has 37 heavy (non-hydrogen) atoms. The van der Waals surface area contributed by atoms with Crippen LogP contribution in [0.3, 0.4) is 0 Å². The van der Waals surface area contributed by atoms with Gasteiger partial charge in [-0.1, -0.05) is 0 Å². The summed E-state index contributed by atoms with van der Waals surface area (Å²) in [6.07, 6.45) is -4.56. The van der Waals surface area contributed by atoms with Crippen molar-refractivity contribution < 1.29 is 36.2 Å². The number of amidine groups is 1. The maximum absolute atomic E-state index is 14.1. The number of hydrogen-bond donors (Lipinski definition) is 0. The molecule has 5 rings (SSSR count). The maximum atomic E-state index is 14.1. The Hall–Kier alpha value is -4.15. The van der Waals surface area contributed by atoms with E-state index in [9.17, 15) is 26.7 Å². The number of aliphatic imine (C=N–C) groups is 1. The number of ether oxygens (including phenoxy) is 2. The maximum Gasteiger partial charge on any atom is 0.416 e. The fraction of sp³-hybridized carbons (Fsp3) is 0.231. The summed E-state index contributed by atoms with van der Waals surface area (Å²) in [6, 6.07) is 10.8. The first-order valence-electron chi connectivity index (χ1n) is 11.3. The molecule has 0 unspecified atom stereocenters. The fourth-order valence-electron chi connectivity index (χ4n) is 4.26. The highest BCUT2D eigenvalue weighted by Crippen LogP contribution is 2.42. The Labute approximate surface area is 208 Å². The molecule has 1 fully saturated rings. The van der Waals surface area contributed by atoms with Gasteiger partial charge >= 0.3 is 6.18 Å². The molecular formula is C26H20F5N3O3. The smallest absolute Gasteiger partial charge is 0.416 e. The Morgan fingerprint density at radius 3 is 2.35 bits per heavy atom. The van der Waals surface area contributed by atoms with Crippen molar-refractivity contribution in [3.63, 3.8) is 0 Å². The standard InChI is InChI=1S/C26H20F5N3O3/c1-36-17-4-7-22-19(14-17)24(32-21-12-15(26(29,30)31)2-6-23(21)37-22)33-8-10-34(11-9-33)25(35)18-5-3-16(27)13-20(18)28/h2-7,12-14H,8-11H2,1H3. The summed E-state index contributed by atoms with van der Waals surface area (Å²) in [7, 11) is 1.49. The molecule has 0 atom stereocenters. The number of carbonyl (C=O) groups excluding carboxylic acids is 1. The van der Waals surface area contributed by atoms with Crippen LogP contribution in [-0.2, 0) is 6.18 Å². The molecule has 6 nitrogen and oxygen atoms in total. The molecule has 11 heteroatoms. The molecule has 0 radical (unpaired) electrons. The minimum Gasteiger partial charge on any atom is -0.497 e. The summed E-state index contributed by atoms with van der Waals surface area (Å²) in [6.45, 7) is 0.894. The van der Waals surface area contributed by atoms with E-state index in [1.165, 1.54) is 18.1 Å². The van der Waals surface area contributed by atoms with E-state index in [1.54, 1.807) is 18.2 Å². The van der Waals surface area contributed by atoms with Crippen LogP contribution in [0.15, 0.2) is 59.6 Å². The molecule has 0 bridgehead atoms. The summed E-state index contributed by atoms with van der Waals surface area (Å²) in [5, 5.41) is 0. The summed E-state index contributed by atoms with van der Waals surface area (Å²) in [4.78, 5) is 20.6. The summed E-state index contributed by atoms with van der Waals surface area (Å²) >= 11 is 0. The zero-order valence-corrected chi connectivity index (χ0v) is 19.5. The molecule has 0 saturated carbocycles. The normalized spacial score (nSPS) is 15.2. The van der Waals surface area contributed by atoms with Gasteiger partial charge in [-0.2, -0.15) is 13.2 Å². The third-order valence-electron chi connectivity index (χ3n) is 6.19. The second-order valence-electron chi connectivity index (χ2n) is 8.48. The zero-order chi connectivity index (χ0) is 26.3. The number of halogens is 5. The average molecular weight is 517 g/mol. The lowest BCUT2D eigenvalue weighted by Crippen LogP contribution is -2.51. The highest BCUT2D eigenvalue weighted by molar-refractivity contribution is 6.04. The van der Waals surface area contributed by atoms with Gasteiger partial charge < -0.3 is 19.3 Å². The Balaban J connectivity index is 1.47. The van der Waals surface area contributed by atoms with E-state index in [1.807, 2.05) is 4.90 Å². The van der Waals surface area contributed by atoms with Gasteiger partial charge in [-0.25, -0.2) is 13.8 Å². The molecule has 1 saturated heterocycles. The molecule has 3 aromatic carbocycles. The van der Waals surface area contributed by atoms with Crippen LogP contribution in [0.1, 0.15) is 21.5 Å². The molecular weight excluding hydrogens is 497 g/mol. The predicted molar refractivity (Wildman–Crippen MR) is 125 cm³/mol. The van der Waals surface area contributed by atoms with E-state index in [2.05, 4.69) is 4.99 Å². The van der Waals surface area contributed by atoms with E-state index in [0.29, 0.717) is 29.0 Å². The molecule has 0 aliphatic carbocycles. The van der Waals surface area contributed by atoms with Crippen LogP contribution >= 0.6 is 0 Å². The second-order valence-corrected chi connectivity index (χ2v) is 8.48. The van der Waals surface area contributed by atoms with Gasteiger partial charge in [-0.3, -0.25) is 4.79 Å². The van der Waals surface area contributed by atoms with Crippen molar-refractivity contribution in [3.8, 4) is 17.2 Å². The quantitative estimate of drug-likeness (QED) is 0.414. The lowest BCUT2D eigenvalue weighted by molar-refractivity contribution is -0.137. The van der Waals surface area contributed by atoms with Crippen molar-refractivity contribution in [1.82, 2.24) is 9.80 Å². The number of methoxy groups -OCH3 is 1. The van der Waals surface area contributed by atoms with Gasteiger partial charge in [0.15, 0.2) is 5.75 Å². The molecule has 0 spiro atoms.